The summed E-state index contributed by atoms with van der Waals surface area (Å²) < 4.78 is 0. The molecule has 0 aliphatic heterocycles. The van der Waals surface area contributed by atoms with Crippen molar-refractivity contribution in [3.8, 4) is 22.3 Å². The van der Waals surface area contributed by atoms with Crippen molar-refractivity contribution in [2.75, 3.05) is 6.54 Å². The molecule has 2 heteroatoms. The molecule has 3 rings (SSSR count). The van der Waals surface area contributed by atoms with Gasteiger partial charge in [-0.1, -0.05) is 99.1 Å². The maximum atomic E-state index is 11.2. The van der Waals surface area contributed by atoms with Crippen LogP contribution in [0.5, 0.6) is 0 Å². The highest BCUT2D eigenvalue weighted by Gasteiger charge is 2.02. The number of carbonyl (C=O) groups is 1. The molecule has 0 radical (unpaired) electrons. The maximum Gasteiger partial charge on any atom is 0.243 e. The fraction of sp³-hybridized carbons (Fsp3) is 0.276. The molecule has 0 unspecified atom stereocenters. The number of aryl methyl sites for hydroxylation is 2. The first kappa shape index (κ1) is 22.6. The number of hydrogen-bond acceptors (Lipinski definition) is 1. The molecule has 0 bridgehead atoms. The number of benzene rings is 3. The highest BCUT2D eigenvalue weighted by Crippen LogP contribution is 2.26. The Labute approximate surface area is 187 Å². The minimum atomic E-state index is -0.110. The van der Waals surface area contributed by atoms with Crippen LogP contribution < -0.4 is 5.32 Å². The van der Waals surface area contributed by atoms with Crippen LogP contribution in [0, 0.1) is 0 Å². The van der Waals surface area contributed by atoms with Crippen LogP contribution in [0.1, 0.15) is 43.7 Å². The third-order valence-electron chi connectivity index (χ3n) is 5.66. The molecule has 160 valence electrons. The summed E-state index contributed by atoms with van der Waals surface area (Å²) in [6.45, 7) is 6.38. The van der Waals surface area contributed by atoms with Crippen molar-refractivity contribution in [1.29, 1.82) is 0 Å². The van der Waals surface area contributed by atoms with Crippen LogP contribution in [0.2, 0.25) is 0 Å². The smallest absolute Gasteiger partial charge is 0.243 e. The molecule has 1 N–H and O–H groups in total. The van der Waals surface area contributed by atoms with E-state index in [0.29, 0.717) is 6.54 Å². The summed E-state index contributed by atoms with van der Waals surface area (Å²) >= 11 is 0. The molecule has 0 aromatic heterocycles. The average molecular weight is 412 g/mol. The zero-order chi connectivity index (χ0) is 21.9. The van der Waals surface area contributed by atoms with E-state index in [1.54, 1.807) is 0 Å². The highest BCUT2D eigenvalue weighted by atomic mass is 16.1. The maximum absolute atomic E-state index is 11.2. The lowest BCUT2D eigenvalue weighted by Gasteiger charge is -2.08. The molecule has 0 aliphatic carbocycles. The van der Waals surface area contributed by atoms with Gasteiger partial charge in [0.05, 0.1) is 0 Å². The van der Waals surface area contributed by atoms with Gasteiger partial charge in [-0.2, -0.15) is 0 Å². The lowest BCUT2D eigenvalue weighted by molar-refractivity contribution is -0.116. The molecule has 0 saturated carbocycles. The van der Waals surface area contributed by atoms with E-state index in [9.17, 15) is 4.79 Å². The lowest BCUT2D eigenvalue weighted by Crippen LogP contribution is -2.22. The zero-order valence-electron chi connectivity index (χ0n) is 18.6. The summed E-state index contributed by atoms with van der Waals surface area (Å²) in [5, 5.41) is 2.82. The van der Waals surface area contributed by atoms with Gasteiger partial charge in [-0.25, -0.2) is 0 Å². The monoisotopic (exact) mass is 411 g/mol. The van der Waals surface area contributed by atoms with E-state index in [1.165, 1.54) is 65.1 Å². The van der Waals surface area contributed by atoms with Crippen LogP contribution in [-0.4, -0.2) is 12.5 Å². The third kappa shape index (κ3) is 6.96. The van der Waals surface area contributed by atoms with Crippen LogP contribution in [0.3, 0.4) is 0 Å². The fourth-order valence-electron chi connectivity index (χ4n) is 3.74. The summed E-state index contributed by atoms with van der Waals surface area (Å²) in [5.74, 6) is -0.110. The summed E-state index contributed by atoms with van der Waals surface area (Å²) in [6.07, 6.45) is 8.20. The molecule has 0 saturated heterocycles. The average Bonchev–Trinajstić information content (AvgIpc) is 2.83. The first-order valence-electron chi connectivity index (χ1n) is 11.4. The lowest BCUT2D eigenvalue weighted by atomic mass is 9.98. The molecule has 2 nitrogen and oxygen atoms in total. The minimum Gasteiger partial charge on any atom is -0.353 e. The normalized spacial score (nSPS) is 10.6. The largest absolute Gasteiger partial charge is 0.353 e. The van der Waals surface area contributed by atoms with Gasteiger partial charge >= 0.3 is 0 Å². The second kappa shape index (κ2) is 11.9. The van der Waals surface area contributed by atoms with E-state index in [4.69, 9.17) is 0 Å². The predicted octanol–water partition coefficient (Wildman–Crippen LogP) is 6.99. The molecular weight excluding hydrogens is 378 g/mol. The van der Waals surface area contributed by atoms with E-state index in [1.807, 2.05) is 0 Å². The molecule has 3 aromatic rings. The van der Waals surface area contributed by atoms with Crippen molar-refractivity contribution in [3.63, 3.8) is 0 Å². The van der Waals surface area contributed by atoms with E-state index in [0.717, 1.165) is 12.8 Å². The van der Waals surface area contributed by atoms with Crippen molar-refractivity contribution in [3.05, 3.63) is 96.6 Å². The Morgan fingerprint density at radius 1 is 0.710 bits per heavy atom. The highest BCUT2D eigenvalue weighted by molar-refractivity contribution is 5.86. The fourth-order valence-corrected chi connectivity index (χ4v) is 3.74. The van der Waals surface area contributed by atoms with Gasteiger partial charge < -0.3 is 5.32 Å². The van der Waals surface area contributed by atoms with Gasteiger partial charge in [-0.3, -0.25) is 4.79 Å². The van der Waals surface area contributed by atoms with Crippen LogP contribution in [0.4, 0.5) is 0 Å². The Morgan fingerprint density at radius 2 is 1.13 bits per heavy atom. The first-order chi connectivity index (χ1) is 15.2. The molecule has 3 aromatic carbocycles. The Balaban J connectivity index is 1.56. The van der Waals surface area contributed by atoms with E-state index in [-0.39, 0.29) is 5.91 Å². The Kier molecular flexibility index (Phi) is 8.66. The summed E-state index contributed by atoms with van der Waals surface area (Å²) in [5.41, 5.74) is 7.68. The quantitative estimate of drug-likeness (QED) is 0.267. The van der Waals surface area contributed by atoms with Gasteiger partial charge in [0, 0.05) is 6.54 Å². The molecular formula is C29H33NO. The summed E-state index contributed by atoms with van der Waals surface area (Å²) in [6, 6.07) is 26.5. The van der Waals surface area contributed by atoms with Gasteiger partial charge in [0.2, 0.25) is 5.91 Å². The summed E-state index contributed by atoms with van der Waals surface area (Å²) in [4.78, 5) is 11.2. The Hall–Kier alpha value is -3.13. The van der Waals surface area contributed by atoms with Crippen molar-refractivity contribution >= 4 is 5.91 Å². The van der Waals surface area contributed by atoms with Gasteiger partial charge in [-0.15, -0.1) is 0 Å². The Morgan fingerprint density at radius 3 is 1.55 bits per heavy atom. The molecule has 1 amide bonds. The minimum absolute atomic E-state index is 0.110. The van der Waals surface area contributed by atoms with Gasteiger partial charge in [-0.05, 0) is 65.1 Å². The second-order valence-electron chi connectivity index (χ2n) is 8.03. The number of unbranched alkanes of at least 4 members (excludes halogenated alkanes) is 2. The second-order valence-corrected chi connectivity index (χ2v) is 8.03. The number of rotatable bonds is 11. The van der Waals surface area contributed by atoms with Crippen LogP contribution in [-0.2, 0) is 17.6 Å². The van der Waals surface area contributed by atoms with Crippen molar-refractivity contribution in [1.82, 2.24) is 5.32 Å². The van der Waals surface area contributed by atoms with Gasteiger partial charge in [0.25, 0.3) is 0 Å². The SMILES string of the molecule is C=CC(=O)NCCCc1ccc(-c2ccc(-c3ccc(CCCCC)cc3)cc2)cc1. The molecule has 31 heavy (non-hydrogen) atoms. The molecule has 0 atom stereocenters. The topological polar surface area (TPSA) is 29.1 Å². The van der Waals surface area contributed by atoms with Crippen LogP contribution in [0.25, 0.3) is 22.3 Å². The van der Waals surface area contributed by atoms with E-state index in [2.05, 4.69) is 91.6 Å². The van der Waals surface area contributed by atoms with Crippen LogP contribution in [0.15, 0.2) is 85.5 Å². The molecule has 0 fully saturated rings. The molecule has 0 heterocycles. The zero-order valence-corrected chi connectivity index (χ0v) is 18.6. The number of carbonyl (C=O) groups excluding carboxylic acids is 1. The Bertz CT molecular complexity index is 953. The van der Waals surface area contributed by atoms with Crippen LogP contribution >= 0.6 is 0 Å². The number of nitrogens with one attached hydrogen (secondary N) is 1. The number of amides is 1. The standard InChI is InChI=1S/C29H33NO/c1-3-5-6-8-23-10-14-25(15-11-23)27-18-20-28(21-19-27)26-16-12-24(13-17-26)9-7-22-30-29(31)4-2/h4,10-21H,2-3,5-9,22H2,1H3,(H,30,31). The molecule has 0 spiro atoms. The summed E-state index contributed by atoms with van der Waals surface area (Å²) in [7, 11) is 0. The van der Waals surface area contributed by atoms with E-state index >= 15 is 0 Å². The number of hydrogen-bond donors (Lipinski definition) is 1. The predicted molar refractivity (Wildman–Crippen MR) is 132 cm³/mol. The van der Waals surface area contributed by atoms with Crippen molar-refractivity contribution < 1.29 is 4.79 Å². The van der Waals surface area contributed by atoms with Crippen molar-refractivity contribution in [2.45, 2.75) is 45.4 Å². The van der Waals surface area contributed by atoms with Crippen molar-refractivity contribution in [2.24, 2.45) is 0 Å². The van der Waals surface area contributed by atoms with Gasteiger partial charge in [0.15, 0.2) is 0 Å². The molecule has 0 aliphatic rings. The van der Waals surface area contributed by atoms with Gasteiger partial charge in [0.1, 0.15) is 0 Å². The first-order valence-corrected chi connectivity index (χ1v) is 11.4. The van der Waals surface area contributed by atoms with E-state index < -0.39 is 0 Å². The third-order valence-corrected chi connectivity index (χ3v) is 5.66.